The van der Waals surface area contributed by atoms with Gasteiger partial charge in [-0.2, -0.15) is 0 Å². The molecule has 1 fully saturated rings. The molecule has 1 aliphatic rings. The minimum atomic E-state index is 0.0923. The summed E-state index contributed by atoms with van der Waals surface area (Å²) in [5.41, 5.74) is 2.15. The van der Waals surface area contributed by atoms with Gasteiger partial charge in [0.25, 0.3) is 0 Å². The first-order valence-corrected chi connectivity index (χ1v) is 6.84. The fourth-order valence-electron chi connectivity index (χ4n) is 2.54. The third kappa shape index (κ3) is 2.82. The van der Waals surface area contributed by atoms with Crippen molar-refractivity contribution in [1.82, 2.24) is 5.32 Å². The number of phenols is 1. The zero-order valence-corrected chi connectivity index (χ0v) is 11.1. The summed E-state index contributed by atoms with van der Waals surface area (Å²) >= 11 is 0. The Labute approximate surface area is 118 Å². The van der Waals surface area contributed by atoms with E-state index >= 15 is 0 Å². The van der Waals surface area contributed by atoms with Gasteiger partial charge in [0.1, 0.15) is 5.75 Å². The Kier molecular flexibility index (Phi) is 3.42. The summed E-state index contributed by atoms with van der Waals surface area (Å²) in [4.78, 5) is 12.1. The molecule has 0 saturated heterocycles. The minimum Gasteiger partial charge on any atom is -0.508 e. The van der Waals surface area contributed by atoms with Crippen molar-refractivity contribution in [3.8, 4) is 5.75 Å². The molecular weight excluding hydrogens is 250 g/mol. The Morgan fingerprint density at radius 3 is 2.70 bits per heavy atom. The normalized spacial score (nSPS) is 20.4. The number of aromatic hydroxyl groups is 1. The van der Waals surface area contributed by atoms with Crippen LogP contribution in [-0.4, -0.2) is 11.0 Å². The van der Waals surface area contributed by atoms with Crippen molar-refractivity contribution in [3.05, 3.63) is 65.7 Å². The SMILES string of the molecule is O=C(NCc1cccc(O)c1)C1CC1c1ccccc1. The Morgan fingerprint density at radius 2 is 1.95 bits per heavy atom. The van der Waals surface area contributed by atoms with Gasteiger partial charge < -0.3 is 10.4 Å². The third-order valence-electron chi connectivity index (χ3n) is 3.73. The number of rotatable bonds is 4. The van der Waals surface area contributed by atoms with Gasteiger partial charge >= 0.3 is 0 Å². The van der Waals surface area contributed by atoms with E-state index in [1.54, 1.807) is 18.2 Å². The van der Waals surface area contributed by atoms with Gasteiger partial charge in [0.2, 0.25) is 5.91 Å². The average Bonchev–Trinajstić information content (AvgIpc) is 3.26. The van der Waals surface area contributed by atoms with Crippen molar-refractivity contribution < 1.29 is 9.90 Å². The highest BCUT2D eigenvalue weighted by atomic mass is 16.3. The lowest BCUT2D eigenvalue weighted by Gasteiger charge is -2.05. The van der Waals surface area contributed by atoms with E-state index in [1.807, 2.05) is 24.3 Å². The first-order chi connectivity index (χ1) is 9.74. The predicted octanol–water partition coefficient (Wildman–Crippen LogP) is 2.81. The largest absolute Gasteiger partial charge is 0.508 e. The second-order valence-corrected chi connectivity index (χ2v) is 5.25. The number of benzene rings is 2. The monoisotopic (exact) mass is 267 g/mol. The fraction of sp³-hybridized carbons (Fsp3) is 0.235. The lowest BCUT2D eigenvalue weighted by atomic mass is 10.1. The van der Waals surface area contributed by atoms with Crippen molar-refractivity contribution in [3.63, 3.8) is 0 Å². The third-order valence-corrected chi connectivity index (χ3v) is 3.73. The molecule has 2 aromatic carbocycles. The number of carbonyl (C=O) groups excluding carboxylic acids is 1. The molecule has 3 nitrogen and oxygen atoms in total. The molecule has 0 radical (unpaired) electrons. The number of hydrogen-bond acceptors (Lipinski definition) is 2. The first-order valence-electron chi connectivity index (χ1n) is 6.84. The topological polar surface area (TPSA) is 49.3 Å². The Balaban J connectivity index is 1.54. The molecule has 0 aliphatic heterocycles. The van der Waals surface area contributed by atoms with Gasteiger partial charge in [0, 0.05) is 12.5 Å². The summed E-state index contributed by atoms with van der Waals surface area (Å²) in [7, 11) is 0. The maximum absolute atomic E-state index is 12.1. The van der Waals surface area contributed by atoms with Crippen LogP contribution < -0.4 is 5.32 Å². The van der Waals surface area contributed by atoms with Gasteiger partial charge in [-0.15, -0.1) is 0 Å². The van der Waals surface area contributed by atoms with Crippen molar-refractivity contribution in [2.24, 2.45) is 5.92 Å². The second kappa shape index (κ2) is 5.37. The van der Waals surface area contributed by atoms with Crippen molar-refractivity contribution in [2.45, 2.75) is 18.9 Å². The van der Waals surface area contributed by atoms with Crippen LogP contribution >= 0.6 is 0 Å². The van der Waals surface area contributed by atoms with E-state index in [2.05, 4.69) is 17.4 Å². The molecule has 1 saturated carbocycles. The molecular formula is C17H17NO2. The zero-order chi connectivity index (χ0) is 13.9. The Hall–Kier alpha value is -2.29. The maximum atomic E-state index is 12.1. The van der Waals surface area contributed by atoms with Gasteiger partial charge in [-0.25, -0.2) is 0 Å². The van der Waals surface area contributed by atoms with Crippen molar-refractivity contribution >= 4 is 5.91 Å². The van der Waals surface area contributed by atoms with E-state index in [1.165, 1.54) is 5.56 Å². The zero-order valence-electron chi connectivity index (χ0n) is 11.1. The van der Waals surface area contributed by atoms with Crippen LogP contribution in [0.25, 0.3) is 0 Å². The predicted molar refractivity (Wildman–Crippen MR) is 77.2 cm³/mol. The molecule has 102 valence electrons. The summed E-state index contributed by atoms with van der Waals surface area (Å²) in [5, 5.41) is 12.3. The van der Waals surface area contributed by atoms with Gasteiger partial charge in [-0.05, 0) is 35.6 Å². The van der Waals surface area contributed by atoms with E-state index in [-0.39, 0.29) is 17.6 Å². The molecule has 0 spiro atoms. The van der Waals surface area contributed by atoms with Crippen LogP contribution in [0.15, 0.2) is 54.6 Å². The van der Waals surface area contributed by atoms with Gasteiger partial charge in [-0.1, -0.05) is 42.5 Å². The summed E-state index contributed by atoms with van der Waals surface area (Å²) < 4.78 is 0. The number of phenolic OH excluding ortho intramolecular Hbond substituents is 1. The molecule has 0 aromatic heterocycles. The highest BCUT2D eigenvalue weighted by molar-refractivity contribution is 5.82. The number of nitrogens with one attached hydrogen (secondary N) is 1. The average molecular weight is 267 g/mol. The van der Waals surface area contributed by atoms with Gasteiger partial charge in [0.15, 0.2) is 0 Å². The quantitative estimate of drug-likeness (QED) is 0.895. The Bertz CT molecular complexity index is 609. The summed E-state index contributed by atoms with van der Waals surface area (Å²) in [6, 6.07) is 17.1. The molecule has 20 heavy (non-hydrogen) atoms. The lowest BCUT2D eigenvalue weighted by Crippen LogP contribution is -2.24. The van der Waals surface area contributed by atoms with Crippen molar-refractivity contribution in [2.75, 3.05) is 0 Å². The molecule has 0 bridgehead atoms. The van der Waals surface area contributed by atoms with E-state index in [0.29, 0.717) is 12.5 Å². The van der Waals surface area contributed by atoms with Crippen LogP contribution in [-0.2, 0) is 11.3 Å². The second-order valence-electron chi connectivity index (χ2n) is 5.25. The van der Waals surface area contributed by atoms with Crippen LogP contribution in [0.3, 0.4) is 0 Å². The summed E-state index contributed by atoms with van der Waals surface area (Å²) in [6.07, 6.45) is 0.926. The highest BCUT2D eigenvalue weighted by Crippen LogP contribution is 2.47. The molecule has 1 aliphatic carbocycles. The molecule has 0 heterocycles. The maximum Gasteiger partial charge on any atom is 0.224 e. The van der Waals surface area contributed by atoms with Crippen molar-refractivity contribution in [1.29, 1.82) is 0 Å². The number of carbonyl (C=O) groups is 1. The standard InChI is InChI=1S/C17H17NO2/c19-14-8-4-5-12(9-14)11-18-17(20)16-10-15(16)13-6-2-1-3-7-13/h1-9,15-16,19H,10-11H2,(H,18,20). The van der Waals surface area contributed by atoms with E-state index < -0.39 is 0 Å². The minimum absolute atomic E-state index is 0.0923. The van der Waals surface area contributed by atoms with Crippen LogP contribution in [0.4, 0.5) is 0 Å². The Morgan fingerprint density at radius 1 is 1.15 bits per heavy atom. The van der Waals surface area contributed by atoms with Crippen LogP contribution in [0.1, 0.15) is 23.5 Å². The van der Waals surface area contributed by atoms with Crippen LogP contribution in [0, 0.1) is 5.92 Å². The smallest absolute Gasteiger partial charge is 0.224 e. The molecule has 2 atom stereocenters. The fourth-order valence-corrected chi connectivity index (χ4v) is 2.54. The number of amides is 1. The molecule has 2 unspecified atom stereocenters. The highest BCUT2D eigenvalue weighted by Gasteiger charge is 2.43. The molecule has 1 amide bonds. The summed E-state index contributed by atoms with van der Waals surface area (Å²) in [5.74, 6) is 0.780. The van der Waals surface area contributed by atoms with Crippen LogP contribution in [0.2, 0.25) is 0 Å². The molecule has 3 rings (SSSR count). The molecule has 3 heteroatoms. The summed E-state index contributed by atoms with van der Waals surface area (Å²) in [6.45, 7) is 0.464. The first kappa shape index (κ1) is 12.7. The van der Waals surface area contributed by atoms with E-state index in [9.17, 15) is 9.90 Å². The van der Waals surface area contributed by atoms with E-state index in [4.69, 9.17) is 0 Å². The molecule has 2 N–H and O–H groups in total. The van der Waals surface area contributed by atoms with Gasteiger partial charge in [0.05, 0.1) is 0 Å². The lowest BCUT2D eigenvalue weighted by molar-refractivity contribution is -0.122. The molecule has 2 aromatic rings. The van der Waals surface area contributed by atoms with Crippen LogP contribution in [0.5, 0.6) is 5.75 Å². The van der Waals surface area contributed by atoms with E-state index in [0.717, 1.165) is 12.0 Å². The van der Waals surface area contributed by atoms with Gasteiger partial charge in [-0.3, -0.25) is 4.79 Å². The number of hydrogen-bond donors (Lipinski definition) is 2.